The first-order valence-electron chi connectivity index (χ1n) is 5.22. The third-order valence-corrected chi connectivity index (χ3v) is 2.92. The van der Waals surface area contributed by atoms with Crippen molar-refractivity contribution in [2.24, 2.45) is 0 Å². The molecule has 0 aliphatic heterocycles. The molecule has 0 aliphatic carbocycles. The standard InChI is InChI=1S/C11H16O5S/c12-11(9-17(13,14)15)6-7-16-8-10-4-2-1-3-5-10/h1-5,11-12H,6-9H2,(H,13,14,15). The molecule has 0 heterocycles. The number of ether oxygens (including phenoxy) is 1. The molecule has 0 saturated heterocycles. The molecule has 5 nitrogen and oxygen atoms in total. The molecule has 1 atom stereocenters. The quantitative estimate of drug-likeness (QED) is 0.560. The Morgan fingerprint density at radius 2 is 1.88 bits per heavy atom. The van der Waals surface area contributed by atoms with Crippen molar-refractivity contribution in [1.29, 1.82) is 0 Å². The van der Waals surface area contributed by atoms with Gasteiger partial charge in [-0.2, -0.15) is 8.42 Å². The van der Waals surface area contributed by atoms with E-state index in [2.05, 4.69) is 0 Å². The topological polar surface area (TPSA) is 83.8 Å². The van der Waals surface area contributed by atoms with Crippen molar-refractivity contribution in [3.8, 4) is 0 Å². The maximum absolute atomic E-state index is 10.5. The van der Waals surface area contributed by atoms with E-state index in [4.69, 9.17) is 9.29 Å². The van der Waals surface area contributed by atoms with Crippen molar-refractivity contribution in [3.05, 3.63) is 35.9 Å². The van der Waals surface area contributed by atoms with Crippen molar-refractivity contribution < 1.29 is 22.8 Å². The number of rotatable bonds is 7. The smallest absolute Gasteiger partial charge is 0.267 e. The first-order valence-corrected chi connectivity index (χ1v) is 6.83. The van der Waals surface area contributed by atoms with Gasteiger partial charge in [-0.1, -0.05) is 30.3 Å². The number of aliphatic hydroxyl groups excluding tert-OH is 1. The Balaban J connectivity index is 2.16. The fraction of sp³-hybridized carbons (Fsp3) is 0.455. The van der Waals surface area contributed by atoms with E-state index in [1.54, 1.807) is 0 Å². The molecule has 1 aromatic carbocycles. The van der Waals surface area contributed by atoms with Crippen molar-refractivity contribution in [3.63, 3.8) is 0 Å². The van der Waals surface area contributed by atoms with Gasteiger partial charge < -0.3 is 9.84 Å². The molecule has 96 valence electrons. The lowest BCUT2D eigenvalue weighted by atomic mass is 10.2. The zero-order valence-electron chi connectivity index (χ0n) is 9.32. The minimum atomic E-state index is -4.12. The summed E-state index contributed by atoms with van der Waals surface area (Å²) in [5.74, 6) is -0.651. The first-order chi connectivity index (χ1) is 7.97. The zero-order valence-corrected chi connectivity index (χ0v) is 10.1. The van der Waals surface area contributed by atoms with Crippen LogP contribution < -0.4 is 0 Å². The molecule has 2 N–H and O–H groups in total. The van der Waals surface area contributed by atoms with Crippen LogP contribution in [0.15, 0.2) is 30.3 Å². The molecule has 0 spiro atoms. The second-order valence-corrected chi connectivity index (χ2v) is 5.23. The van der Waals surface area contributed by atoms with E-state index in [-0.39, 0.29) is 13.0 Å². The summed E-state index contributed by atoms with van der Waals surface area (Å²) in [5, 5.41) is 9.26. The summed E-state index contributed by atoms with van der Waals surface area (Å²) in [5.41, 5.74) is 1.01. The molecule has 0 aliphatic rings. The highest BCUT2D eigenvalue weighted by Gasteiger charge is 2.13. The lowest BCUT2D eigenvalue weighted by molar-refractivity contribution is 0.0806. The molecule has 1 unspecified atom stereocenters. The minimum Gasteiger partial charge on any atom is -0.392 e. The van der Waals surface area contributed by atoms with Gasteiger partial charge in [0, 0.05) is 6.61 Å². The fourth-order valence-electron chi connectivity index (χ4n) is 1.31. The van der Waals surface area contributed by atoms with E-state index in [0.717, 1.165) is 5.56 Å². The van der Waals surface area contributed by atoms with Gasteiger partial charge >= 0.3 is 0 Å². The van der Waals surface area contributed by atoms with Crippen LogP contribution in [-0.4, -0.2) is 36.5 Å². The fourth-order valence-corrected chi connectivity index (χ4v) is 1.96. The molecule has 0 saturated carbocycles. The maximum Gasteiger partial charge on any atom is 0.267 e. The summed E-state index contributed by atoms with van der Waals surface area (Å²) in [4.78, 5) is 0. The van der Waals surface area contributed by atoms with E-state index in [9.17, 15) is 13.5 Å². The molecule has 0 amide bonds. The molecule has 1 rings (SSSR count). The highest BCUT2D eigenvalue weighted by Crippen LogP contribution is 2.02. The van der Waals surface area contributed by atoms with Gasteiger partial charge in [0.05, 0.1) is 12.7 Å². The summed E-state index contributed by atoms with van der Waals surface area (Å²) in [6.07, 6.45) is -0.923. The Morgan fingerprint density at radius 3 is 2.47 bits per heavy atom. The van der Waals surface area contributed by atoms with E-state index < -0.39 is 22.0 Å². The molecule has 0 bridgehead atoms. The Bertz CT molecular complexity index is 415. The van der Waals surface area contributed by atoms with Crippen molar-refractivity contribution in [2.45, 2.75) is 19.1 Å². The second-order valence-electron chi connectivity index (χ2n) is 3.73. The number of aliphatic hydroxyl groups is 1. The van der Waals surface area contributed by atoms with Crippen molar-refractivity contribution >= 4 is 10.1 Å². The summed E-state index contributed by atoms with van der Waals surface area (Å²) >= 11 is 0. The molecular formula is C11H16O5S. The third-order valence-electron chi connectivity index (χ3n) is 2.11. The molecular weight excluding hydrogens is 244 g/mol. The Hall–Kier alpha value is -0.950. The summed E-state index contributed by atoms with van der Waals surface area (Å²) < 4.78 is 34.7. The van der Waals surface area contributed by atoms with E-state index in [1.165, 1.54) is 0 Å². The zero-order chi connectivity index (χ0) is 12.7. The normalized spacial score (nSPS) is 13.5. The Kier molecular flexibility index (Phi) is 5.57. The summed E-state index contributed by atoms with van der Waals surface area (Å²) in [6.45, 7) is 0.658. The van der Waals surface area contributed by atoms with Gasteiger partial charge in [0.1, 0.15) is 5.75 Å². The van der Waals surface area contributed by atoms with E-state index >= 15 is 0 Å². The van der Waals surface area contributed by atoms with E-state index in [1.807, 2.05) is 30.3 Å². The summed E-state index contributed by atoms with van der Waals surface area (Å²) in [7, 11) is -4.12. The average molecular weight is 260 g/mol. The molecule has 0 radical (unpaired) electrons. The van der Waals surface area contributed by atoms with Crippen LogP contribution >= 0.6 is 0 Å². The lowest BCUT2D eigenvalue weighted by Crippen LogP contribution is -2.21. The molecule has 17 heavy (non-hydrogen) atoms. The average Bonchev–Trinajstić information content (AvgIpc) is 2.23. The van der Waals surface area contributed by atoms with Gasteiger partial charge in [0.2, 0.25) is 0 Å². The SMILES string of the molecule is O=S(=O)(O)CC(O)CCOCc1ccccc1. The van der Waals surface area contributed by atoms with Crippen LogP contribution in [0, 0.1) is 0 Å². The van der Waals surface area contributed by atoms with Crippen LogP contribution in [0.4, 0.5) is 0 Å². The molecule has 0 aromatic heterocycles. The van der Waals surface area contributed by atoms with Crippen LogP contribution in [0.25, 0.3) is 0 Å². The van der Waals surface area contributed by atoms with Gasteiger partial charge in [-0.25, -0.2) is 0 Å². The van der Waals surface area contributed by atoms with E-state index in [0.29, 0.717) is 6.61 Å². The van der Waals surface area contributed by atoms with Crippen LogP contribution in [0.3, 0.4) is 0 Å². The van der Waals surface area contributed by atoms with Gasteiger partial charge in [0.25, 0.3) is 10.1 Å². The van der Waals surface area contributed by atoms with Gasteiger partial charge in [0.15, 0.2) is 0 Å². The molecule has 0 fully saturated rings. The monoisotopic (exact) mass is 260 g/mol. The Morgan fingerprint density at radius 1 is 1.24 bits per heavy atom. The van der Waals surface area contributed by atoms with Gasteiger partial charge in [-0.15, -0.1) is 0 Å². The van der Waals surface area contributed by atoms with Crippen molar-refractivity contribution in [1.82, 2.24) is 0 Å². The highest BCUT2D eigenvalue weighted by atomic mass is 32.2. The van der Waals surface area contributed by atoms with Gasteiger partial charge in [-0.05, 0) is 12.0 Å². The third kappa shape index (κ3) is 7.06. The number of benzene rings is 1. The van der Waals surface area contributed by atoms with Crippen LogP contribution in [0.5, 0.6) is 0 Å². The predicted molar refractivity (Wildman–Crippen MR) is 63.1 cm³/mol. The number of hydrogen-bond acceptors (Lipinski definition) is 4. The van der Waals surface area contributed by atoms with Crippen molar-refractivity contribution in [2.75, 3.05) is 12.4 Å². The maximum atomic E-state index is 10.5. The number of hydrogen-bond donors (Lipinski definition) is 2. The van der Waals surface area contributed by atoms with Crippen LogP contribution in [0.2, 0.25) is 0 Å². The second kappa shape index (κ2) is 6.70. The summed E-state index contributed by atoms with van der Waals surface area (Å²) in [6, 6.07) is 9.51. The Labute approximate surface area is 101 Å². The van der Waals surface area contributed by atoms with Crippen LogP contribution in [0.1, 0.15) is 12.0 Å². The van der Waals surface area contributed by atoms with Crippen LogP contribution in [-0.2, 0) is 21.5 Å². The van der Waals surface area contributed by atoms with Gasteiger partial charge in [-0.3, -0.25) is 4.55 Å². The predicted octanol–water partition coefficient (Wildman–Crippen LogP) is 0.842. The largest absolute Gasteiger partial charge is 0.392 e. The molecule has 1 aromatic rings. The highest BCUT2D eigenvalue weighted by molar-refractivity contribution is 7.85. The lowest BCUT2D eigenvalue weighted by Gasteiger charge is -2.09. The molecule has 6 heteroatoms. The first kappa shape index (κ1) is 14.1. The minimum absolute atomic E-state index is 0.173.